The van der Waals surface area contributed by atoms with Crippen molar-refractivity contribution >= 4 is 0 Å². The molecule has 102 valence electrons. The Morgan fingerprint density at radius 2 is 1.89 bits per heavy atom. The number of phenolic OH excluding ortho intramolecular Hbond substituents is 1. The van der Waals surface area contributed by atoms with Crippen LogP contribution in [0.2, 0.25) is 0 Å². The molecule has 0 unspecified atom stereocenters. The maximum atomic E-state index is 9.49. The van der Waals surface area contributed by atoms with Crippen molar-refractivity contribution in [2.45, 2.75) is 52.0 Å². The van der Waals surface area contributed by atoms with E-state index in [-0.39, 0.29) is 5.75 Å². The van der Waals surface area contributed by atoms with Crippen molar-refractivity contribution in [3.63, 3.8) is 0 Å². The van der Waals surface area contributed by atoms with Gasteiger partial charge >= 0.3 is 0 Å². The first-order valence-corrected chi connectivity index (χ1v) is 6.43. The van der Waals surface area contributed by atoms with Gasteiger partial charge in [-0.05, 0) is 36.1 Å². The van der Waals surface area contributed by atoms with E-state index >= 15 is 0 Å². The Balaban J connectivity index is 2.70. The molecule has 0 aliphatic carbocycles. The third-order valence-corrected chi connectivity index (χ3v) is 2.85. The van der Waals surface area contributed by atoms with E-state index < -0.39 is 5.91 Å². The summed E-state index contributed by atoms with van der Waals surface area (Å²) in [6.45, 7) is 3.74. The van der Waals surface area contributed by atoms with E-state index in [0.29, 0.717) is 6.54 Å². The van der Waals surface area contributed by atoms with Gasteiger partial charge in [-0.15, -0.1) is 0 Å². The molecule has 0 heterocycles. The van der Waals surface area contributed by atoms with Crippen LogP contribution in [-0.2, 0) is 13.0 Å². The van der Waals surface area contributed by atoms with Crippen molar-refractivity contribution in [3.8, 4) is 5.75 Å². The molecule has 4 heteroatoms. The first-order valence-electron chi connectivity index (χ1n) is 6.43. The van der Waals surface area contributed by atoms with E-state index in [0.717, 1.165) is 30.4 Å². The summed E-state index contributed by atoms with van der Waals surface area (Å²) in [7, 11) is 0. The van der Waals surface area contributed by atoms with Crippen LogP contribution < -0.4 is 5.32 Å². The lowest BCUT2D eigenvalue weighted by Crippen LogP contribution is -2.41. The van der Waals surface area contributed by atoms with Crippen LogP contribution in [0.4, 0.5) is 0 Å². The van der Waals surface area contributed by atoms with E-state index in [1.54, 1.807) is 12.1 Å². The largest absolute Gasteiger partial charge is 0.508 e. The van der Waals surface area contributed by atoms with Gasteiger partial charge in [0.05, 0.1) is 0 Å². The molecule has 4 nitrogen and oxygen atoms in total. The molecule has 1 aromatic carbocycles. The molecule has 0 saturated carbocycles. The highest BCUT2D eigenvalue weighted by Gasteiger charge is 2.14. The van der Waals surface area contributed by atoms with Gasteiger partial charge < -0.3 is 15.3 Å². The number of unbranched alkanes of at least 4 members (excludes halogenated alkanes) is 2. The van der Waals surface area contributed by atoms with E-state index in [9.17, 15) is 15.3 Å². The predicted octanol–water partition coefficient (Wildman–Crippen LogP) is 1.87. The molecule has 1 rings (SSSR count). The average Bonchev–Trinajstić information content (AvgIpc) is 2.28. The molecule has 1 aromatic rings. The fourth-order valence-electron chi connectivity index (χ4n) is 1.85. The standard InChI is InChI=1S/C14H23NO3/c1-3-4-5-6-11-7-8-13(16)9-12(11)10-15-14(2,17)18/h7-9,15-18H,3-6,10H2,1-2H3. The lowest BCUT2D eigenvalue weighted by Gasteiger charge is -2.19. The Morgan fingerprint density at radius 1 is 1.17 bits per heavy atom. The Labute approximate surface area is 108 Å². The number of nitrogens with one attached hydrogen (secondary N) is 1. The van der Waals surface area contributed by atoms with Crippen molar-refractivity contribution in [1.29, 1.82) is 0 Å². The lowest BCUT2D eigenvalue weighted by atomic mass is 10.0. The summed E-state index contributed by atoms with van der Waals surface area (Å²) in [4.78, 5) is 0. The van der Waals surface area contributed by atoms with Crippen molar-refractivity contribution in [2.75, 3.05) is 0 Å². The third-order valence-electron chi connectivity index (χ3n) is 2.85. The van der Waals surface area contributed by atoms with Crippen LogP contribution in [0.25, 0.3) is 0 Å². The van der Waals surface area contributed by atoms with Crippen molar-refractivity contribution in [3.05, 3.63) is 29.3 Å². The summed E-state index contributed by atoms with van der Waals surface area (Å²) in [5.41, 5.74) is 2.04. The van der Waals surface area contributed by atoms with Crippen molar-refractivity contribution < 1.29 is 15.3 Å². The van der Waals surface area contributed by atoms with Gasteiger partial charge in [0.25, 0.3) is 0 Å². The fourth-order valence-corrected chi connectivity index (χ4v) is 1.85. The molecule has 0 radical (unpaired) electrons. The Kier molecular flexibility index (Phi) is 5.59. The molecule has 0 saturated heterocycles. The molecular formula is C14H23NO3. The number of benzene rings is 1. The zero-order valence-corrected chi connectivity index (χ0v) is 11.1. The molecule has 0 aliphatic rings. The van der Waals surface area contributed by atoms with Gasteiger partial charge in [0.2, 0.25) is 5.91 Å². The number of aliphatic hydroxyl groups is 2. The monoisotopic (exact) mass is 253 g/mol. The van der Waals surface area contributed by atoms with Gasteiger partial charge in [0.1, 0.15) is 5.75 Å². The molecule has 0 fully saturated rings. The smallest absolute Gasteiger partial charge is 0.219 e. The Morgan fingerprint density at radius 3 is 2.50 bits per heavy atom. The van der Waals surface area contributed by atoms with Crippen LogP contribution in [-0.4, -0.2) is 21.2 Å². The Hall–Kier alpha value is -1.10. The molecule has 18 heavy (non-hydrogen) atoms. The minimum Gasteiger partial charge on any atom is -0.508 e. The number of hydrogen-bond acceptors (Lipinski definition) is 4. The van der Waals surface area contributed by atoms with Crippen LogP contribution in [0.5, 0.6) is 5.75 Å². The van der Waals surface area contributed by atoms with Crippen LogP contribution in [0.1, 0.15) is 44.2 Å². The summed E-state index contributed by atoms with van der Waals surface area (Å²) >= 11 is 0. The normalized spacial score (nSPS) is 11.8. The molecule has 0 bridgehead atoms. The van der Waals surface area contributed by atoms with Gasteiger partial charge in [0, 0.05) is 13.5 Å². The van der Waals surface area contributed by atoms with Crippen LogP contribution in [0, 0.1) is 0 Å². The highest BCUT2D eigenvalue weighted by Crippen LogP contribution is 2.19. The first-order chi connectivity index (χ1) is 8.42. The lowest BCUT2D eigenvalue weighted by molar-refractivity contribution is -0.170. The maximum Gasteiger partial charge on any atom is 0.219 e. The summed E-state index contributed by atoms with van der Waals surface area (Å²) in [6, 6.07) is 5.23. The van der Waals surface area contributed by atoms with E-state index in [1.807, 2.05) is 6.07 Å². The second kappa shape index (κ2) is 6.73. The van der Waals surface area contributed by atoms with Crippen molar-refractivity contribution in [2.24, 2.45) is 0 Å². The van der Waals surface area contributed by atoms with Gasteiger partial charge in [-0.25, -0.2) is 0 Å². The second-order valence-electron chi connectivity index (χ2n) is 4.78. The zero-order valence-electron chi connectivity index (χ0n) is 11.1. The first kappa shape index (κ1) is 15.0. The summed E-state index contributed by atoms with van der Waals surface area (Å²) < 4.78 is 0. The maximum absolute atomic E-state index is 9.49. The second-order valence-corrected chi connectivity index (χ2v) is 4.78. The predicted molar refractivity (Wildman–Crippen MR) is 71.0 cm³/mol. The zero-order chi connectivity index (χ0) is 13.6. The highest BCUT2D eigenvalue weighted by atomic mass is 16.5. The summed E-state index contributed by atoms with van der Waals surface area (Å²) in [6.07, 6.45) is 4.38. The van der Waals surface area contributed by atoms with Crippen LogP contribution >= 0.6 is 0 Å². The highest BCUT2D eigenvalue weighted by molar-refractivity contribution is 5.35. The minimum atomic E-state index is -1.90. The molecule has 0 aromatic heterocycles. The number of hydrogen-bond donors (Lipinski definition) is 4. The van der Waals surface area contributed by atoms with E-state index in [2.05, 4.69) is 12.2 Å². The summed E-state index contributed by atoms with van der Waals surface area (Å²) in [5, 5.41) is 30.6. The van der Waals surface area contributed by atoms with Crippen LogP contribution in [0.15, 0.2) is 18.2 Å². The number of aryl methyl sites for hydroxylation is 1. The SMILES string of the molecule is CCCCCc1ccc(O)cc1CNC(C)(O)O. The molecule has 0 spiro atoms. The molecule has 0 aliphatic heterocycles. The van der Waals surface area contributed by atoms with E-state index in [4.69, 9.17) is 0 Å². The van der Waals surface area contributed by atoms with Gasteiger partial charge in [-0.1, -0.05) is 25.8 Å². The van der Waals surface area contributed by atoms with Crippen molar-refractivity contribution in [1.82, 2.24) is 5.32 Å². The Bertz CT molecular complexity index is 372. The van der Waals surface area contributed by atoms with Gasteiger partial charge in [-0.3, -0.25) is 5.32 Å². The number of rotatable bonds is 7. The van der Waals surface area contributed by atoms with Gasteiger partial charge in [0.15, 0.2) is 0 Å². The number of phenols is 1. The van der Waals surface area contributed by atoms with Gasteiger partial charge in [-0.2, -0.15) is 0 Å². The number of aromatic hydroxyl groups is 1. The molecule has 0 amide bonds. The molecular weight excluding hydrogens is 230 g/mol. The molecule has 4 N–H and O–H groups in total. The minimum absolute atomic E-state index is 0.198. The van der Waals surface area contributed by atoms with Crippen LogP contribution in [0.3, 0.4) is 0 Å². The third kappa shape index (κ3) is 5.49. The topological polar surface area (TPSA) is 72.7 Å². The average molecular weight is 253 g/mol. The summed E-state index contributed by atoms with van der Waals surface area (Å²) in [5.74, 6) is -1.70. The fraction of sp³-hybridized carbons (Fsp3) is 0.571. The quantitative estimate of drug-likeness (QED) is 0.442. The van der Waals surface area contributed by atoms with E-state index in [1.165, 1.54) is 13.3 Å². The molecule has 0 atom stereocenters.